The minimum atomic E-state index is -0.598. The Labute approximate surface area is 235 Å². The second-order valence-corrected chi connectivity index (χ2v) is 9.39. The van der Waals surface area contributed by atoms with Gasteiger partial charge in [-0.3, -0.25) is 18.7 Å². The molecule has 1 amide bonds. The molecule has 3 aromatic carbocycles. The normalized spacial score (nSPS) is 11.0. The zero-order valence-electron chi connectivity index (χ0n) is 22.7. The van der Waals surface area contributed by atoms with Crippen LogP contribution in [0.3, 0.4) is 0 Å². The first kappa shape index (κ1) is 27.3. The van der Waals surface area contributed by atoms with Gasteiger partial charge in [0, 0.05) is 19.2 Å². The van der Waals surface area contributed by atoms with Crippen LogP contribution in [0.5, 0.6) is 11.5 Å². The number of ether oxygens (including phenoxy) is 2. The van der Waals surface area contributed by atoms with Crippen molar-refractivity contribution in [2.75, 3.05) is 26.5 Å². The van der Waals surface area contributed by atoms with E-state index in [2.05, 4.69) is 10.3 Å². The number of fused-ring (bicyclic) bond motifs is 1. The van der Waals surface area contributed by atoms with E-state index in [1.807, 2.05) is 24.3 Å². The van der Waals surface area contributed by atoms with Crippen LogP contribution >= 0.6 is 0 Å². The van der Waals surface area contributed by atoms with Gasteiger partial charge >= 0.3 is 5.69 Å². The van der Waals surface area contributed by atoms with Gasteiger partial charge in [0.15, 0.2) is 0 Å². The van der Waals surface area contributed by atoms with E-state index in [1.165, 1.54) is 10.6 Å². The molecule has 0 unspecified atom stereocenters. The first-order chi connectivity index (χ1) is 19.9. The Balaban J connectivity index is 1.44. The molecule has 0 bridgehead atoms. The average Bonchev–Trinajstić information content (AvgIpc) is 3.31. The molecule has 0 aliphatic rings. The van der Waals surface area contributed by atoms with E-state index in [4.69, 9.17) is 15.2 Å². The highest BCUT2D eigenvalue weighted by Crippen LogP contribution is 2.17. The number of methoxy groups -OCH3 is 2. The van der Waals surface area contributed by atoms with Crippen LogP contribution in [0.25, 0.3) is 11.0 Å². The van der Waals surface area contributed by atoms with Gasteiger partial charge in [0.25, 0.3) is 11.5 Å². The fraction of sp³-hybridized carbons (Fsp3) is 0.200. The summed E-state index contributed by atoms with van der Waals surface area (Å²) in [5.74, 6) is 1.11. The molecule has 2 heterocycles. The number of nitrogens with two attached hydrogens (primary N) is 1. The SMILES string of the molecule is COc1ccc(Cn2c(C(=O)NCCn3c(N)nc4ccccc43)cc(=O)n(Cc3ccc(OC)cc3)c2=O)cc1. The summed E-state index contributed by atoms with van der Waals surface area (Å²) in [7, 11) is 3.13. The van der Waals surface area contributed by atoms with Crippen molar-refractivity contribution in [3.63, 3.8) is 0 Å². The van der Waals surface area contributed by atoms with E-state index in [9.17, 15) is 14.4 Å². The molecule has 210 valence electrons. The van der Waals surface area contributed by atoms with Gasteiger partial charge in [-0.25, -0.2) is 9.78 Å². The number of nitrogens with zero attached hydrogens (tertiary/aromatic N) is 4. The highest BCUT2D eigenvalue weighted by Gasteiger charge is 2.18. The highest BCUT2D eigenvalue weighted by atomic mass is 16.5. The first-order valence-corrected chi connectivity index (χ1v) is 13.0. The van der Waals surface area contributed by atoms with Crippen molar-refractivity contribution < 1.29 is 14.3 Å². The van der Waals surface area contributed by atoms with Crippen LogP contribution in [0.15, 0.2) is 88.5 Å². The summed E-state index contributed by atoms with van der Waals surface area (Å²) in [5.41, 5.74) is 7.97. The molecule has 0 aliphatic heterocycles. The number of rotatable bonds is 10. The number of hydrogen-bond donors (Lipinski definition) is 2. The molecular formula is C30H30N6O5. The molecule has 41 heavy (non-hydrogen) atoms. The fourth-order valence-corrected chi connectivity index (χ4v) is 4.63. The monoisotopic (exact) mass is 554 g/mol. The molecule has 0 saturated heterocycles. The maximum Gasteiger partial charge on any atom is 0.332 e. The number of para-hydroxylation sites is 2. The van der Waals surface area contributed by atoms with Gasteiger partial charge in [0.05, 0.1) is 38.3 Å². The molecule has 3 N–H and O–H groups in total. The lowest BCUT2D eigenvalue weighted by molar-refractivity contribution is 0.0941. The second-order valence-electron chi connectivity index (χ2n) is 9.39. The average molecular weight is 555 g/mol. The van der Waals surface area contributed by atoms with Gasteiger partial charge in [0.2, 0.25) is 5.95 Å². The van der Waals surface area contributed by atoms with Crippen LogP contribution in [0.4, 0.5) is 5.95 Å². The third-order valence-electron chi connectivity index (χ3n) is 6.82. The summed E-state index contributed by atoms with van der Waals surface area (Å²) >= 11 is 0. The zero-order chi connectivity index (χ0) is 28.9. The lowest BCUT2D eigenvalue weighted by atomic mass is 10.2. The van der Waals surface area contributed by atoms with Crippen molar-refractivity contribution >= 4 is 22.9 Å². The van der Waals surface area contributed by atoms with E-state index >= 15 is 0 Å². The molecule has 0 aliphatic carbocycles. The van der Waals surface area contributed by atoms with Gasteiger partial charge in [-0.15, -0.1) is 0 Å². The van der Waals surface area contributed by atoms with Crippen molar-refractivity contribution in [2.24, 2.45) is 0 Å². The Morgan fingerprint density at radius 2 is 1.41 bits per heavy atom. The smallest absolute Gasteiger partial charge is 0.332 e. The number of benzene rings is 3. The maximum atomic E-state index is 13.7. The molecule has 5 rings (SSSR count). The van der Waals surface area contributed by atoms with E-state index in [-0.39, 0.29) is 25.3 Å². The maximum absolute atomic E-state index is 13.7. The summed E-state index contributed by atoms with van der Waals surface area (Å²) in [6, 6.07) is 23.0. The molecule has 0 radical (unpaired) electrons. The number of nitrogens with one attached hydrogen (secondary N) is 1. The van der Waals surface area contributed by atoms with Crippen molar-refractivity contribution in [2.45, 2.75) is 19.6 Å². The van der Waals surface area contributed by atoms with Crippen LogP contribution in [0.2, 0.25) is 0 Å². The Kier molecular flexibility index (Phi) is 7.86. The lowest BCUT2D eigenvalue weighted by Crippen LogP contribution is -2.44. The number of hydrogen-bond acceptors (Lipinski definition) is 7. The van der Waals surface area contributed by atoms with Crippen LogP contribution in [-0.2, 0) is 19.6 Å². The standard InChI is InChI=1S/C30H30N6O5/c1-40-22-11-7-20(8-12-22)18-35-26(17-27(37)36(30(35)39)19-21-9-13-23(41-2)14-10-21)28(38)32-15-16-34-25-6-4-3-5-24(25)33-29(34)31/h3-14,17H,15-16,18-19H2,1-2H3,(H2,31,33)(H,32,38). The summed E-state index contributed by atoms with van der Waals surface area (Å²) < 4.78 is 14.6. The van der Waals surface area contributed by atoms with E-state index in [0.29, 0.717) is 24.0 Å². The van der Waals surface area contributed by atoms with Gasteiger partial charge in [-0.1, -0.05) is 36.4 Å². The molecule has 0 saturated carbocycles. The van der Waals surface area contributed by atoms with Crippen LogP contribution in [0.1, 0.15) is 21.6 Å². The molecular weight excluding hydrogens is 524 g/mol. The van der Waals surface area contributed by atoms with E-state index in [0.717, 1.165) is 26.7 Å². The summed E-state index contributed by atoms with van der Waals surface area (Å²) in [5, 5.41) is 2.82. The minimum absolute atomic E-state index is 0.0368. The van der Waals surface area contributed by atoms with Gasteiger partial charge in [-0.05, 0) is 47.5 Å². The number of imidazole rings is 1. The third-order valence-corrected chi connectivity index (χ3v) is 6.82. The molecule has 0 fully saturated rings. The second kappa shape index (κ2) is 11.8. The predicted octanol–water partition coefficient (Wildman–Crippen LogP) is 2.49. The van der Waals surface area contributed by atoms with Crippen LogP contribution in [-0.4, -0.2) is 45.4 Å². The number of aromatic nitrogens is 4. The molecule has 11 nitrogen and oxygen atoms in total. The van der Waals surface area contributed by atoms with Crippen molar-refractivity contribution in [3.05, 3.63) is 117 Å². The molecule has 0 spiro atoms. The first-order valence-electron chi connectivity index (χ1n) is 13.0. The fourth-order valence-electron chi connectivity index (χ4n) is 4.63. The largest absolute Gasteiger partial charge is 0.497 e. The third kappa shape index (κ3) is 5.83. The van der Waals surface area contributed by atoms with Crippen molar-refractivity contribution in [3.8, 4) is 11.5 Å². The molecule has 5 aromatic rings. The number of carbonyl (C=O) groups is 1. The number of nitrogen functional groups attached to an aromatic ring is 1. The van der Waals surface area contributed by atoms with Crippen LogP contribution < -0.4 is 31.8 Å². The summed E-state index contributed by atoms with van der Waals surface area (Å²) in [6.07, 6.45) is 0. The van der Waals surface area contributed by atoms with E-state index < -0.39 is 17.2 Å². The van der Waals surface area contributed by atoms with Crippen molar-refractivity contribution in [1.82, 2.24) is 24.0 Å². The van der Waals surface area contributed by atoms with Crippen LogP contribution in [0, 0.1) is 0 Å². The topological polar surface area (TPSA) is 135 Å². The Morgan fingerprint density at radius 3 is 2.02 bits per heavy atom. The lowest BCUT2D eigenvalue weighted by Gasteiger charge is -2.16. The van der Waals surface area contributed by atoms with Gasteiger partial charge in [0.1, 0.15) is 17.2 Å². The van der Waals surface area contributed by atoms with Gasteiger partial charge in [-0.2, -0.15) is 0 Å². The Morgan fingerprint density at radius 1 is 0.829 bits per heavy atom. The Hall–Kier alpha value is -5.32. The zero-order valence-corrected chi connectivity index (χ0v) is 22.7. The van der Waals surface area contributed by atoms with E-state index in [1.54, 1.807) is 67.3 Å². The van der Waals surface area contributed by atoms with Crippen molar-refractivity contribution in [1.29, 1.82) is 0 Å². The number of carbonyl (C=O) groups excluding carboxylic acids is 1. The predicted molar refractivity (Wildman–Crippen MR) is 156 cm³/mol. The van der Waals surface area contributed by atoms with Gasteiger partial charge < -0.3 is 25.1 Å². The Bertz CT molecular complexity index is 1800. The summed E-state index contributed by atoms with van der Waals surface area (Å²) in [6.45, 7) is 0.678. The molecule has 2 aromatic heterocycles. The number of amides is 1. The molecule has 0 atom stereocenters. The minimum Gasteiger partial charge on any atom is -0.497 e. The highest BCUT2D eigenvalue weighted by molar-refractivity contribution is 5.92. The summed E-state index contributed by atoms with van der Waals surface area (Å²) in [4.78, 5) is 44.5. The molecule has 11 heteroatoms. The number of anilines is 1. The quantitative estimate of drug-likeness (QED) is 0.271.